The molecule has 1 heterocycles. The summed E-state index contributed by atoms with van der Waals surface area (Å²) < 4.78 is 27.0. The molecule has 2 rings (SSSR count). The quantitative estimate of drug-likeness (QED) is 0.530. The van der Waals surface area contributed by atoms with Crippen LogP contribution in [0.5, 0.6) is 0 Å². The standard InChI is InChI=1S/C18H27N3O5S/c1-13-7-9-14(10-8-13)27(25,26)21-12-4-6-16(21)17(22)20-15(18(23)24)5-2-3-11-19/h7-10,15-16H,2-6,11-12,19H2,1H3,(H,20,22)(H,23,24). The maximum Gasteiger partial charge on any atom is 0.326 e. The molecule has 4 N–H and O–H groups in total. The first-order valence-corrected chi connectivity index (χ1v) is 10.5. The van der Waals surface area contributed by atoms with Gasteiger partial charge in [-0.05, 0) is 57.7 Å². The lowest BCUT2D eigenvalue weighted by Crippen LogP contribution is -2.50. The van der Waals surface area contributed by atoms with Crippen LogP contribution in [0.4, 0.5) is 0 Å². The van der Waals surface area contributed by atoms with Crippen LogP contribution in [-0.2, 0) is 19.6 Å². The van der Waals surface area contributed by atoms with Crippen LogP contribution in [0.15, 0.2) is 29.2 Å². The van der Waals surface area contributed by atoms with Gasteiger partial charge in [-0.3, -0.25) is 4.79 Å². The smallest absolute Gasteiger partial charge is 0.326 e. The number of carbonyl (C=O) groups excluding carboxylic acids is 1. The zero-order valence-electron chi connectivity index (χ0n) is 15.4. The number of nitrogens with one attached hydrogen (secondary N) is 1. The molecular weight excluding hydrogens is 370 g/mol. The van der Waals surface area contributed by atoms with Crippen LogP contribution in [0.1, 0.15) is 37.7 Å². The average molecular weight is 397 g/mol. The van der Waals surface area contributed by atoms with Crippen molar-refractivity contribution < 1.29 is 23.1 Å². The van der Waals surface area contributed by atoms with Crippen molar-refractivity contribution in [2.75, 3.05) is 13.1 Å². The Morgan fingerprint density at radius 1 is 1.30 bits per heavy atom. The lowest BCUT2D eigenvalue weighted by atomic mass is 10.1. The van der Waals surface area contributed by atoms with Crippen LogP contribution >= 0.6 is 0 Å². The number of amides is 1. The van der Waals surface area contributed by atoms with Gasteiger partial charge in [0.2, 0.25) is 15.9 Å². The molecule has 1 aliphatic rings. The number of hydrogen-bond donors (Lipinski definition) is 3. The fourth-order valence-corrected chi connectivity index (χ4v) is 4.81. The maximum atomic E-state index is 12.9. The SMILES string of the molecule is Cc1ccc(S(=O)(=O)N2CCCC2C(=O)NC(CCCCN)C(=O)O)cc1. The minimum atomic E-state index is -3.82. The Morgan fingerprint density at radius 2 is 1.96 bits per heavy atom. The fourth-order valence-electron chi connectivity index (χ4n) is 3.15. The van der Waals surface area contributed by atoms with E-state index in [0.717, 1.165) is 5.56 Å². The van der Waals surface area contributed by atoms with E-state index in [1.165, 1.54) is 16.4 Å². The zero-order valence-corrected chi connectivity index (χ0v) is 16.2. The number of carboxylic acid groups (broad SMARTS) is 1. The Bertz CT molecular complexity index is 764. The zero-order chi connectivity index (χ0) is 20.0. The van der Waals surface area contributed by atoms with E-state index in [-0.39, 0.29) is 17.9 Å². The molecule has 1 aromatic rings. The maximum absolute atomic E-state index is 12.9. The number of aryl methyl sites for hydroxylation is 1. The van der Waals surface area contributed by atoms with Crippen LogP contribution in [-0.4, -0.2) is 54.9 Å². The monoisotopic (exact) mass is 397 g/mol. The number of nitrogens with two attached hydrogens (primary N) is 1. The van der Waals surface area contributed by atoms with Gasteiger partial charge in [0.25, 0.3) is 0 Å². The van der Waals surface area contributed by atoms with Crippen molar-refractivity contribution in [2.45, 2.75) is 56.0 Å². The predicted octanol–water partition coefficient (Wildman–Crippen LogP) is 0.847. The third-order valence-corrected chi connectivity index (χ3v) is 6.62. The van der Waals surface area contributed by atoms with Crippen molar-refractivity contribution >= 4 is 21.9 Å². The third-order valence-electron chi connectivity index (χ3n) is 4.70. The summed E-state index contributed by atoms with van der Waals surface area (Å²) in [5, 5.41) is 11.8. The van der Waals surface area contributed by atoms with Gasteiger partial charge in [-0.1, -0.05) is 17.7 Å². The van der Waals surface area contributed by atoms with Gasteiger partial charge in [0, 0.05) is 6.54 Å². The van der Waals surface area contributed by atoms with E-state index in [1.54, 1.807) is 12.1 Å². The van der Waals surface area contributed by atoms with E-state index in [4.69, 9.17) is 5.73 Å². The van der Waals surface area contributed by atoms with E-state index >= 15 is 0 Å². The molecule has 1 aromatic carbocycles. The van der Waals surface area contributed by atoms with Gasteiger partial charge >= 0.3 is 5.97 Å². The van der Waals surface area contributed by atoms with Gasteiger partial charge in [0.15, 0.2) is 0 Å². The fraction of sp³-hybridized carbons (Fsp3) is 0.556. The molecule has 1 saturated heterocycles. The normalized spacial score (nSPS) is 19.0. The van der Waals surface area contributed by atoms with Crippen LogP contribution < -0.4 is 11.1 Å². The number of nitrogens with zero attached hydrogens (tertiary/aromatic N) is 1. The van der Waals surface area contributed by atoms with E-state index in [0.29, 0.717) is 32.2 Å². The number of unbranched alkanes of at least 4 members (excludes halogenated alkanes) is 1. The predicted molar refractivity (Wildman–Crippen MR) is 101 cm³/mol. The highest BCUT2D eigenvalue weighted by Crippen LogP contribution is 2.26. The summed E-state index contributed by atoms with van der Waals surface area (Å²) in [7, 11) is -3.82. The Morgan fingerprint density at radius 3 is 2.56 bits per heavy atom. The Labute approximate surface area is 159 Å². The lowest BCUT2D eigenvalue weighted by molar-refractivity contribution is -0.142. The molecule has 0 aliphatic carbocycles. The number of carboxylic acids is 1. The largest absolute Gasteiger partial charge is 0.480 e. The molecule has 150 valence electrons. The van der Waals surface area contributed by atoms with Gasteiger partial charge < -0.3 is 16.2 Å². The summed E-state index contributed by atoms with van der Waals surface area (Å²) in [4.78, 5) is 24.2. The summed E-state index contributed by atoms with van der Waals surface area (Å²) in [5.74, 6) is -1.70. The molecule has 0 bridgehead atoms. The highest BCUT2D eigenvalue weighted by Gasteiger charge is 2.40. The van der Waals surface area contributed by atoms with Crippen LogP contribution in [0.25, 0.3) is 0 Å². The van der Waals surface area contributed by atoms with E-state index < -0.39 is 34.0 Å². The Hall–Kier alpha value is -1.97. The molecule has 8 nitrogen and oxygen atoms in total. The van der Waals surface area contributed by atoms with E-state index in [2.05, 4.69) is 5.32 Å². The number of rotatable bonds is 9. The molecule has 1 amide bonds. The molecule has 2 atom stereocenters. The number of sulfonamides is 1. The summed E-state index contributed by atoms with van der Waals surface area (Å²) >= 11 is 0. The minimum absolute atomic E-state index is 0.130. The van der Waals surface area contributed by atoms with Gasteiger partial charge in [0.1, 0.15) is 12.1 Å². The van der Waals surface area contributed by atoms with Gasteiger partial charge in [-0.15, -0.1) is 0 Å². The van der Waals surface area contributed by atoms with Crippen LogP contribution in [0.3, 0.4) is 0 Å². The molecule has 27 heavy (non-hydrogen) atoms. The molecular formula is C18H27N3O5S. The van der Waals surface area contributed by atoms with Crippen molar-refractivity contribution in [1.82, 2.24) is 9.62 Å². The Kier molecular flexibility index (Phi) is 7.34. The molecule has 2 unspecified atom stereocenters. The summed E-state index contributed by atoms with van der Waals surface area (Å²) in [6.45, 7) is 2.55. The number of benzene rings is 1. The molecule has 0 radical (unpaired) electrons. The second-order valence-electron chi connectivity index (χ2n) is 6.77. The average Bonchev–Trinajstić information content (AvgIpc) is 3.12. The van der Waals surface area contributed by atoms with Crippen molar-refractivity contribution in [2.24, 2.45) is 5.73 Å². The minimum Gasteiger partial charge on any atom is -0.480 e. The number of hydrogen-bond acceptors (Lipinski definition) is 5. The topological polar surface area (TPSA) is 130 Å². The molecule has 9 heteroatoms. The number of aliphatic carboxylic acids is 1. The summed E-state index contributed by atoms with van der Waals surface area (Å²) in [6, 6.07) is 4.50. The lowest BCUT2D eigenvalue weighted by Gasteiger charge is -2.25. The van der Waals surface area contributed by atoms with E-state index in [9.17, 15) is 23.1 Å². The second-order valence-corrected chi connectivity index (χ2v) is 8.66. The first-order chi connectivity index (χ1) is 12.8. The molecule has 0 saturated carbocycles. The van der Waals surface area contributed by atoms with Gasteiger partial charge in [-0.25, -0.2) is 13.2 Å². The Balaban J connectivity index is 2.13. The van der Waals surface area contributed by atoms with Crippen molar-refractivity contribution in [3.8, 4) is 0 Å². The van der Waals surface area contributed by atoms with Crippen molar-refractivity contribution in [3.63, 3.8) is 0 Å². The molecule has 0 aromatic heterocycles. The van der Waals surface area contributed by atoms with Gasteiger partial charge in [0.05, 0.1) is 4.90 Å². The van der Waals surface area contributed by atoms with Crippen molar-refractivity contribution in [3.05, 3.63) is 29.8 Å². The molecule has 0 spiro atoms. The van der Waals surface area contributed by atoms with Gasteiger partial charge in [-0.2, -0.15) is 4.31 Å². The first kappa shape index (κ1) is 21.3. The van der Waals surface area contributed by atoms with Crippen LogP contribution in [0, 0.1) is 6.92 Å². The summed E-state index contributed by atoms with van der Waals surface area (Å²) in [6.07, 6.45) is 2.41. The van der Waals surface area contributed by atoms with Crippen LogP contribution in [0.2, 0.25) is 0 Å². The number of carbonyl (C=O) groups is 2. The van der Waals surface area contributed by atoms with E-state index in [1.807, 2.05) is 6.92 Å². The second kappa shape index (κ2) is 9.29. The molecule has 1 fully saturated rings. The highest BCUT2D eigenvalue weighted by atomic mass is 32.2. The highest BCUT2D eigenvalue weighted by molar-refractivity contribution is 7.89. The first-order valence-electron chi connectivity index (χ1n) is 9.09. The third kappa shape index (κ3) is 5.27. The van der Waals surface area contributed by atoms with Crippen molar-refractivity contribution in [1.29, 1.82) is 0 Å². The molecule has 1 aliphatic heterocycles. The summed E-state index contributed by atoms with van der Waals surface area (Å²) in [5.41, 5.74) is 6.35.